The zero-order valence-electron chi connectivity index (χ0n) is 19.2. The fourth-order valence-electron chi connectivity index (χ4n) is 3.43. The average Bonchev–Trinajstić information content (AvgIpc) is 3.06. The molecule has 0 saturated carbocycles. The number of ether oxygens (including phenoxy) is 2. The molecule has 0 radical (unpaired) electrons. The lowest BCUT2D eigenvalue weighted by Crippen LogP contribution is -2.38. The van der Waals surface area contributed by atoms with Crippen molar-refractivity contribution in [2.24, 2.45) is 4.99 Å². The zero-order valence-corrected chi connectivity index (χ0v) is 19.2. The van der Waals surface area contributed by atoms with Gasteiger partial charge in [-0.25, -0.2) is 0 Å². The van der Waals surface area contributed by atoms with E-state index in [1.54, 1.807) is 0 Å². The lowest BCUT2D eigenvalue weighted by Gasteiger charge is -2.15. The third kappa shape index (κ3) is 6.68. The second kappa shape index (κ2) is 12.1. The summed E-state index contributed by atoms with van der Waals surface area (Å²) in [5.41, 5.74) is 3.27. The molecule has 1 atom stereocenters. The highest BCUT2D eigenvalue weighted by Crippen LogP contribution is 2.28. The SMILES string of the molecule is CCNC(=NCC(C)c1c(C)noc1C)NCCc1ccc(OCC)c(OCC)c1. The van der Waals surface area contributed by atoms with Gasteiger partial charge in [0.05, 0.1) is 18.9 Å². The molecule has 1 aromatic heterocycles. The summed E-state index contributed by atoms with van der Waals surface area (Å²) in [7, 11) is 0. The van der Waals surface area contributed by atoms with E-state index in [2.05, 4.69) is 41.8 Å². The van der Waals surface area contributed by atoms with Gasteiger partial charge in [0, 0.05) is 31.1 Å². The van der Waals surface area contributed by atoms with Crippen molar-refractivity contribution < 1.29 is 14.0 Å². The average molecular weight is 417 g/mol. The van der Waals surface area contributed by atoms with Crippen LogP contribution in [-0.2, 0) is 6.42 Å². The molecule has 0 saturated heterocycles. The van der Waals surface area contributed by atoms with E-state index in [1.165, 1.54) is 5.56 Å². The summed E-state index contributed by atoms with van der Waals surface area (Å²) in [4.78, 5) is 4.75. The van der Waals surface area contributed by atoms with Crippen LogP contribution in [0, 0.1) is 13.8 Å². The van der Waals surface area contributed by atoms with Crippen LogP contribution in [0.1, 0.15) is 56.2 Å². The van der Waals surface area contributed by atoms with Crippen LogP contribution >= 0.6 is 0 Å². The van der Waals surface area contributed by atoms with Gasteiger partial charge in [0.2, 0.25) is 0 Å². The Kier molecular flexibility index (Phi) is 9.51. The van der Waals surface area contributed by atoms with Gasteiger partial charge < -0.3 is 24.6 Å². The van der Waals surface area contributed by atoms with Gasteiger partial charge in [-0.2, -0.15) is 0 Å². The van der Waals surface area contributed by atoms with Crippen LogP contribution in [-0.4, -0.2) is 44.0 Å². The van der Waals surface area contributed by atoms with E-state index in [1.807, 2.05) is 33.8 Å². The summed E-state index contributed by atoms with van der Waals surface area (Å²) in [5, 5.41) is 10.8. The maximum absolute atomic E-state index is 5.72. The van der Waals surface area contributed by atoms with E-state index in [-0.39, 0.29) is 5.92 Å². The first-order valence-electron chi connectivity index (χ1n) is 10.8. The molecule has 166 valence electrons. The lowest BCUT2D eigenvalue weighted by atomic mass is 10.00. The lowest BCUT2D eigenvalue weighted by molar-refractivity contribution is 0.287. The molecular formula is C23H36N4O3. The maximum atomic E-state index is 5.72. The Hall–Kier alpha value is -2.70. The molecule has 7 heteroatoms. The van der Waals surface area contributed by atoms with Crippen molar-refractivity contribution in [3.8, 4) is 11.5 Å². The monoisotopic (exact) mass is 416 g/mol. The normalized spacial score (nSPS) is 12.5. The molecule has 0 bridgehead atoms. The first kappa shape index (κ1) is 23.6. The molecule has 1 aromatic carbocycles. The fourth-order valence-corrected chi connectivity index (χ4v) is 3.43. The molecule has 2 aromatic rings. The maximum Gasteiger partial charge on any atom is 0.191 e. The van der Waals surface area contributed by atoms with Crippen molar-refractivity contribution in [3.05, 3.63) is 40.8 Å². The van der Waals surface area contributed by atoms with Crippen molar-refractivity contribution in [2.45, 2.75) is 53.9 Å². The Morgan fingerprint density at radius 3 is 2.47 bits per heavy atom. The highest BCUT2D eigenvalue weighted by molar-refractivity contribution is 5.79. The van der Waals surface area contributed by atoms with E-state index in [4.69, 9.17) is 19.0 Å². The van der Waals surface area contributed by atoms with Crippen molar-refractivity contribution in [2.75, 3.05) is 32.8 Å². The van der Waals surface area contributed by atoms with Gasteiger partial charge in [-0.05, 0) is 58.7 Å². The van der Waals surface area contributed by atoms with E-state index in [0.717, 1.165) is 54.0 Å². The van der Waals surface area contributed by atoms with Gasteiger partial charge in [0.1, 0.15) is 5.76 Å². The minimum absolute atomic E-state index is 0.242. The third-order valence-corrected chi connectivity index (χ3v) is 4.76. The number of aryl methyl sites for hydroxylation is 2. The van der Waals surface area contributed by atoms with Crippen LogP contribution in [0.3, 0.4) is 0 Å². The predicted molar refractivity (Wildman–Crippen MR) is 121 cm³/mol. The van der Waals surface area contributed by atoms with E-state index in [9.17, 15) is 0 Å². The number of hydrogen-bond donors (Lipinski definition) is 2. The topological polar surface area (TPSA) is 80.9 Å². The summed E-state index contributed by atoms with van der Waals surface area (Å²) in [6, 6.07) is 6.12. The van der Waals surface area contributed by atoms with Crippen LogP contribution < -0.4 is 20.1 Å². The molecule has 30 heavy (non-hydrogen) atoms. The molecular weight excluding hydrogens is 380 g/mol. The zero-order chi connectivity index (χ0) is 21.9. The minimum atomic E-state index is 0.242. The quantitative estimate of drug-likeness (QED) is 0.426. The molecule has 0 spiro atoms. The number of aliphatic imine (C=N–C) groups is 1. The Bertz CT molecular complexity index is 797. The van der Waals surface area contributed by atoms with Gasteiger partial charge in [-0.15, -0.1) is 0 Å². The molecule has 1 heterocycles. The molecule has 2 N–H and O–H groups in total. The molecule has 0 aliphatic carbocycles. The Labute approximate surface area is 180 Å². The van der Waals surface area contributed by atoms with Crippen LogP contribution in [0.25, 0.3) is 0 Å². The number of nitrogens with zero attached hydrogens (tertiary/aromatic N) is 2. The van der Waals surface area contributed by atoms with Crippen molar-refractivity contribution in [1.82, 2.24) is 15.8 Å². The molecule has 1 unspecified atom stereocenters. The van der Waals surface area contributed by atoms with E-state index >= 15 is 0 Å². The van der Waals surface area contributed by atoms with Crippen LogP contribution in [0.2, 0.25) is 0 Å². The number of rotatable bonds is 11. The van der Waals surface area contributed by atoms with Crippen molar-refractivity contribution in [3.63, 3.8) is 0 Å². The summed E-state index contributed by atoms with van der Waals surface area (Å²) in [6.07, 6.45) is 0.857. The predicted octanol–water partition coefficient (Wildman–Crippen LogP) is 3.99. The van der Waals surface area contributed by atoms with Crippen LogP contribution in [0.4, 0.5) is 0 Å². The van der Waals surface area contributed by atoms with Gasteiger partial charge in [0.25, 0.3) is 0 Å². The fraction of sp³-hybridized carbons (Fsp3) is 0.565. The number of nitrogens with one attached hydrogen (secondary N) is 2. The Morgan fingerprint density at radius 1 is 1.10 bits per heavy atom. The van der Waals surface area contributed by atoms with Gasteiger partial charge >= 0.3 is 0 Å². The largest absolute Gasteiger partial charge is 0.490 e. The Morgan fingerprint density at radius 2 is 1.83 bits per heavy atom. The van der Waals surface area contributed by atoms with Gasteiger partial charge in [-0.3, -0.25) is 4.99 Å². The molecule has 0 aliphatic heterocycles. The van der Waals surface area contributed by atoms with E-state index < -0.39 is 0 Å². The molecule has 7 nitrogen and oxygen atoms in total. The molecule has 0 fully saturated rings. The van der Waals surface area contributed by atoms with Crippen molar-refractivity contribution in [1.29, 1.82) is 0 Å². The number of hydrogen-bond acceptors (Lipinski definition) is 5. The van der Waals surface area contributed by atoms with Gasteiger partial charge in [0.15, 0.2) is 17.5 Å². The Balaban J connectivity index is 1.96. The molecule has 0 aliphatic rings. The number of benzene rings is 1. The van der Waals surface area contributed by atoms with Crippen LogP contribution in [0.5, 0.6) is 11.5 Å². The minimum Gasteiger partial charge on any atom is -0.490 e. The molecule has 0 amide bonds. The highest BCUT2D eigenvalue weighted by atomic mass is 16.5. The summed E-state index contributed by atoms with van der Waals surface area (Å²) in [6.45, 7) is 15.6. The first-order valence-corrected chi connectivity index (χ1v) is 10.8. The first-order chi connectivity index (χ1) is 14.5. The highest BCUT2D eigenvalue weighted by Gasteiger charge is 2.16. The second-order valence-corrected chi connectivity index (χ2v) is 7.18. The number of guanidine groups is 1. The van der Waals surface area contributed by atoms with Gasteiger partial charge in [-0.1, -0.05) is 18.1 Å². The molecule has 2 rings (SSSR count). The van der Waals surface area contributed by atoms with E-state index in [0.29, 0.717) is 19.8 Å². The smallest absolute Gasteiger partial charge is 0.191 e. The summed E-state index contributed by atoms with van der Waals surface area (Å²) < 4.78 is 16.6. The summed E-state index contributed by atoms with van der Waals surface area (Å²) in [5.74, 6) is 3.51. The van der Waals surface area contributed by atoms with Crippen molar-refractivity contribution >= 4 is 5.96 Å². The summed E-state index contributed by atoms with van der Waals surface area (Å²) >= 11 is 0. The third-order valence-electron chi connectivity index (χ3n) is 4.76. The standard InChI is InChI=1S/C23H36N4O3/c1-7-24-23(26-15-16(4)22-17(5)27-30-18(22)6)25-13-12-19-10-11-20(28-8-2)21(14-19)29-9-3/h10-11,14,16H,7-9,12-13,15H2,1-6H3,(H2,24,25,26). The van der Waals surface area contributed by atoms with Crippen LogP contribution in [0.15, 0.2) is 27.7 Å². The second-order valence-electron chi connectivity index (χ2n) is 7.18. The number of aromatic nitrogens is 1.